The van der Waals surface area contributed by atoms with Crippen molar-refractivity contribution in [3.63, 3.8) is 0 Å². The fraction of sp³-hybridized carbons (Fsp3) is 0.308. The molecule has 0 amide bonds. The average molecular weight is 233 g/mol. The van der Waals surface area contributed by atoms with Crippen LogP contribution in [0.5, 0.6) is 5.88 Å². The van der Waals surface area contributed by atoms with Gasteiger partial charge in [0.1, 0.15) is 6.61 Å². The summed E-state index contributed by atoms with van der Waals surface area (Å²) in [4.78, 5) is 4.37. The summed E-state index contributed by atoms with van der Waals surface area (Å²) < 4.78 is 10.5. The van der Waals surface area contributed by atoms with Crippen LogP contribution < -0.4 is 4.74 Å². The number of rotatable bonds is 6. The lowest BCUT2D eigenvalue weighted by molar-refractivity contribution is 0.0696. The standard InChI is InChI=1S/C13H15NO3/c15-7-8-16-9-10-17-13-6-5-11-3-1-2-4-12(11)14-13/h1-6,15H,7-10H2. The van der Waals surface area contributed by atoms with Crippen LogP contribution in [0.3, 0.4) is 0 Å². The summed E-state index contributed by atoms with van der Waals surface area (Å²) in [7, 11) is 0. The fourth-order valence-electron chi connectivity index (χ4n) is 1.50. The van der Waals surface area contributed by atoms with Crippen molar-refractivity contribution >= 4 is 10.9 Å². The maximum absolute atomic E-state index is 8.52. The molecule has 1 aromatic carbocycles. The molecule has 1 aromatic heterocycles. The van der Waals surface area contributed by atoms with Gasteiger partial charge >= 0.3 is 0 Å². The Morgan fingerprint density at radius 2 is 1.88 bits per heavy atom. The van der Waals surface area contributed by atoms with E-state index in [1.54, 1.807) is 0 Å². The van der Waals surface area contributed by atoms with Crippen LogP contribution in [0.2, 0.25) is 0 Å². The van der Waals surface area contributed by atoms with Gasteiger partial charge in [0.25, 0.3) is 0 Å². The van der Waals surface area contributed by atoms with Crippen molar-refractivity contribution in [1.82, 2.24) is 4.98 Å². The van der Waals surface area contributed by atoms with E-state index in [0.29, 0.717) is 25.7 Å². The van der Waals surface area contributed by atoms with Gasteiger partial charge in [0, 0.05) is 11.5 Å². The van der Waals surface area contributed by atoms with Gasteiger partial charge in [-0.2, -0.15) is 0 Å². The van der Waals surface area contributed by atoms with E-state index in [1.807, 2.05) is 36.4 Å². The summed E-state index contributed by atoms with van der Waals surface area (Å²) >= 11 is 0. The minimum Gasteiger partial charge on any atom is -0.475 e. The molecule has 4 nitrogen and oxygen atoms in total. The number of aromatic nitrogens is 1. The number of ether oxygens (including phenoxy) is 2. The van der Waals surface area contributed by atoms with Crippen LogP contribution >= 0.6 is 0 Å². The third kappa shape index (κ3) is 3.41. The lowest BCUT2D eigenvalue weighted by Gasteiger charge is -2.06. The van der Waals surface area contributed by atoms with E-state index < -0.39 is 0 Å². The Bertz CT molecular complexity index is 473. The molecule has 0 bridgehead atoms. The number of aliphatic hydroxyl groups excluding tert-OH is 1. The predicted octanol–water partition coefficient (Wildman–Crippen LogP) is 1.62. The molecule has 1 heterocycles. The molecule has 90 valence electrons. The van der Waals surface area contributed by atoms with Crippen LogP contribution in [0.1, 0.15) is 0 Å². The fourth-order valence-corrected chi connectivity index (χ4v) is 1.50. The number of pyridine rings is 1. The molecule has 4 heteroatoms. The van der Waals surface area contributed by atoms with Crippen molar-refractivity contribution in [3.05, 3.63) is 36.4 Å². The van der Waals surface area contributed by atoms with Crippen molar-refractivity contribution in [2.45, 2.75) is 0 Å². The first-order valence-corrected chi connectivity index (χ1v) is 5.57. The van der Waals surface area contributed by atoms with E-state index in [2.05, 4.69) is 4.98 Å². The molecule has 0 radical (unpaired) electrons. The number of fused-ring (bicyclic) bond motifs is 1. The van der Waals surface area contributed by atoms with Gasteiger partial charge in [-0.25, -0.2) is 4.98 Å². The summed E-state index contributed by atoms with van der Waals surface area (Å²) in [6.45, 7) is 1.27. The molecule has 2 rings (SSSR count). The van der Waals surface area contributed by atoms with Crippen LogP contribution in [-0.4, -0.2) is 36.5 Å². The Balaban J connectivity index is 1.90. The largest absolute Gasteiger partial charge is 0.475 e. The number of hydrogen-bond donors (Lipinski definition) is 1. The first-order valence-electron chi connectivity index (χ1n) is 5.57. The van der Waals surface area contributed by atoms with Crippen LogP contribution in [0.25, 0.3) is 10.9 Å². The highest BCUT2D eigenvalue weighted by Crippen LogP contribution is 2.15. The number of benzene rings is 1. The van der Waals surface area contributed by atoms with E-state index in [0.717, 1.165) is 10.9 Å². The van der Waals surface area contributed by atoms with Gasteiger partial charge in [-0.05, 0) is 12.1 Å². The van der Waals surface area contributed by atoms with E-state index in [-0.39, 0.29) is 6.61 Å². The van der Waals surface area contributed by atoms with Crippen molar-refractivity contribution in [2.24, 2.45) is 0 Å². The monoisotopic (exact) mass is 233 g/mol. The molecular formula is C13H15NO3. The molecule has 0 aliphatic heterocycles. The van der Waals surface area contributed by atoms with Crippen LogP contribution in [0.15, 0.2) is 36.4 Å². The smallest absolute Gasteiger partial charge is 0.213 e. The second-order valence-corrected chi connectivity index (χ2v) is 3.53. The van der Waals surface area contributed by atoms with Gasteiger partial charge in [-0.15, -0.1) is 0 Å². The third-order valence-corrected chi connectivity index (χ3v) is 2.29. The molecule has 0 spiro atoms. The van der Waals surface area contributed by atoms with Crippen molar-refractivity contribution in [2.75, 3.05) is 26.4 Å². The van der Waals surface area contributed by atoms with Crippen LogP contribution in [0.4, 0.5) is 0 Å². The summed E-state index contributed by atoms with van der Waals surface area (Å²) in [5.41, 5.74) is 0.918. The molecule has 0 saturated heterocycles. The normalized spacial score (nSPS) is 10.6. The Morgan fingerprint density at radius 1 is 1.00 bits per heavy atom. The van der Waals surface area contributed by atoms with E-state index >= 15 is 0 Å². The molecule has 0 unspecified atom stereocenters. The minimum atomic E-state index is 0.0359. The zero-order chi connectivity index (χ0) is 11.9. The highest BCUT2D eigenvalue weighted by Gasteiger charge is 1.98. The highest BCUT2D eigenvalue weighted by molar-refractivity contribution is 5.78. The lowest BCUT2D eigenvalue weighted by Crippen LogP contribution is -2.09. The second kappa shape index (κ2) is 6.18. The SMILES string of the molecule is OCCOCCOc1ccc2ccccc2n1. The summed E-state index contributed by atoms with van der Waals surface area (Å²) in [6.07, 6.45) is 0. The van der Waals surface area contributed by atoms with Crippen LogP contribution in [0, 0.1) is 0 Å². The quantitative estimate of drug-likeness (QED) is 0.770. The zero-order valence-corrected chi connectivity index (χ0v) is 9.50. The Kier molecular flexibility index (Phi) is 4.30. The number of hydrogen-bond acceptors (Lipinski definition) is 4. The Labute approximate surface area is 99.8 Å². The van der Waals surface area contributed by atoms with E-state index in [9.17, 15) is 0 Å². The molecule has 0 aliphatic rings. The van der Waals surface area contributed by atoms with Gasteiger partial charge in [0.2, 0.25) is 5.88 Å². The summed E-state index contributed by atoms with van der Waals surface area (Å²) in [5.74, 6) is 0.594. The molecule has 0 saturated carbocycles. The lowest BCUT2D eigenvalue weighted by atomic mass is 10.2. The van der Waals surface area contributed by atoms with E-state index in [1.165, 1.54) is 0 Å². The first-order chi connectivity index (χ1) is 8.40. The molecule has 0 atom stereocenters. The van der Waals surface area contributed by atoms with Crippen molar-refractivity contribution in [3.8, 4) is 5.88 Å². The number of nitrogens with zero attached hydrogens (tertiary/aromatic N) is 1. The maximum Gasteiger partial charge on any atom is 0.213 e. The maximum atomic E-state index is 8.52. The molecule has 17 heavy (non-hydrogen) atoms. The second-order valence-electron chi connectivity index (χ2n) is 3.53. The molecule has 0 fully saturated rings. The zero-order valence-electron chi connectivity index (χ0n) is 9.50. The summed E-state index contributed by atoms with van der Waals surface area (Å²) in [5, 5.41) is 9.62. The van der Waals surface area contributed by atoms with Gasteiger partial charge in [-0.3, -0.25) is 0 Å². The van der Waals surface area contributed by atoms with Gasteiger partial charge in [0.05, 0.1) is 25.3 Å². The van der Waals surface area contributed by atoms with Gasteiger partial charge < -0.3 is 14.6 Å². The highest BCUT2D eigenvalue weighted by atomic mass is 16.5. The van der Waals surface area contributed by atoms with Crippen LogP contribution in [-0.2, 0) is 4.74 Å². The topological polar surface area (TPSA) is 51.6 Å². The predicted molar refractivity (Wildman–Crippen MR) is 65.1 cm³/mol. The number of para-hydroxylation sites is 1. The Hall–Kier alpha value is -1.65. The minimum absolute atomic E-state index is 0.0359. The molecular weight excluding hydrogens is 218 g/mol. The summed E-state index contributed by atoms with van der Waals surface area (Å²) in [6, 6.07) is 11.7. The molecule has 0 aliphatic carbocycles. The van der Waals surface area contributed by atoms with Crippen molar-refractivity contribution in [1.29, 1.82) is 0 Å². The van der Waals surface area contributed by atoms with Gasteiger partial charge in [0.15, 0.2) is 0 Å². The average Bonchev–Trinajstić information content (AvgIpc) is 2.38. The van der Waals surface area contributed by atoms with Gasteiger partial charge in [-0.1, -0.05) is 18.2 Å². The Morgan fingerprint density at radius 3 is 2.76 bits per heavy atom. The molecule has 2 aromatic rings. The van der Waals surface area contributed by atoms with E-state index in [4.69, 9.17) is 14.6 Å². The van der Waals surface area contributed by atoms with Crippen molar-refractivity contribution < 1.29 is 14.6 Å². The number of aliphatic hydroxyl groups is 1. The third-order valence-electron chi connectivity index (χ3n) is 2.29. The molecule has 1 N–H and O–H groups in total. The first kappa shape index (κ1) is 11.8.